The highest BCUT2D eigenvalue weighted by Gasteiger charge is 2.08. The third-order valence-corrected chi connectivity index (χ3v) is 2.70. The van der Waals surface area contributed by atoms with Crippen LogP contribution in [-0.2, 0) is 0 Å². The van der Waals surface area contributed by atoms with Crippen molar-refractivity contribution in [1.29, 1.82) is 0 Å². The summed E-state index contributed by atoms with van der Waals surface area (Å²) in [5.74, 6) is -0.0605. The summed E-state index contributed by atoms with van der Waals surface area (Å²) in [6.45, 7) is 2.71. The normalized spacial score (nSPS) is 9.93. The fourth-order valence-electron chi connectivity index (χ4n) is 1.02. The first kappa shape index (κ1) is 11.6. The van der Waals surface area contributed by atoms with Crippen LogP contribution in [0.5, 0.6) is 0 Å². The third-order valence-electron chi connectivity index (χ3n) is 1.73. The van der Waals surface area contributed by atoms with E-state index >= 15 is 0 Å². The Morgan fingerprint density at radius 3 is 2.93 bits per heavy atom. The number of halogens is 1. The quantitative estimate of drug-likeness (QED) is 0.815. The molecule has 1 N–H and O–H groups in total. The summed E-state index contributed by atoms with van der Waals surface area (Å²) < 4.78 is 0.795. The highest BCUT2D eigenvalue weighted by atomic mass is 79.9. The zero-order chi connectivity index (χ0) is 10.6. The van der Waals surface area contributed by atoms with Gasteiger partial charge in [0.1, 0.15) is 0 Å². The highest BCUT2D eigenvalue weighted by Crippen LogP contribution is 2.19. The molecule has 76 valence electrons. The van der Waals surface area contributed by atoms with Crippen LogP contribution in [0.15, 0.2) is 27.6 Å². The fourth-order valence-corrected chi connectivity index (χ4v) is 1.65. The molecule has 0 aliphatic rings. The molecule has 1 rings (SSSR count). The van der Waals surface area contributed by atoms with Gasteiger partial charge in [-0.05, 0) is 40.5 Å². The fraction of sp³-hybridized carbons (Fsp3) is 0.300. The van der Waals surface area contributed by atoms with Crippen LogP contribution in [-0.4, -0.2) is 12.5 Å². The molecule has 0 spiro atoms. The summed E-state index contributed by atoms with van der Waals surface area (Å²) in [5, 5.41) is 2.81. The van der Waals surface area contributed by atoms with E-state index in [0.29, 0.717) is 12.1 Å². The number of hydrogen-bond acceptors (Lipinski definition) is 2. The summed E-state index contributed by atoms with van der Waals surface area (Å²) in [7, 11) is 0. The summed E-state index contributed by atoms with van der Waals surface area (Å²) >= 11 is 7.51. The van der Waals surface area contributed by atoms with Crippen LogP contribution < -0.4 is 5.32 Å². The summed E-state index contributed by atoms with van der Waals surface area (Å²) in [5.41, 5.74) is 0.631. The van der Waals surface area contributed by atoms with E-state index in [1.807, 2.05) is 19.1 Å². The van der Waals surface area contributed by atoms with Crippen molar-refractivity contribution in [2.75, 3.05) is 6.54 Å². The predicted molar refractivity (Wildman–Crippen MR) is 64.0 cm³/mol. The zero-order valence-electron chi connectivity index (χ0n) is 7.88. The van der Waals surface area contributed by atoms with Gasteiger partial charge in [-0.1, -0.05) is 6.92 Å². The van der Waals surface area contributed by atoms with Crippen LogP contribution in [0.1, 0.15) is 23.7 Å². The van der Waals surface area contributed by atoms with E-state index in [-0.39, 0.29) is 5.91 Å². The predicted octanol–water partition coefficient (Wildman–Crippen LogP) is 2.88. The Labute approximate surface area is 97.6 Å². The van der Waals surface area contributed by atoms with Crippen molar-refractivity contribution >= 4 is 34.5 Å². The molecule has 0 unspecified atom stereocenters. The number of carbonyl (C=O) groups excluding carboxylic acids is 1. The van der Waals surface area contributed by atoms with Gasteiger partial charge in [0.2, 0.25) is 0 Å². The van der Waals surface area contributed by atoms with Gasteiger partial charge in [0.15, 0.2) is 0 Å². The van der Waals surface area contributed by atoms with Crippen LogP contribution in [0.3, 0.4) is 0 Å². The molecule has 0 aliphatic carbocycles. The van der Waals surface area contributed by atoms with Crippen LogP contribution in [0.25, 0.3) is 0 Å². The molecule has 0 bridgehead atoms. The van der Waals surface area contributed by atoms with Crippen molar-refractivity contribution in [3.8, 4) is 0 Å². The molecule has 0 radical (unpaired) electrons. The standard InChI is InChI=1S/C10H12BrNOS/c1-2-5-12-10(13)8-6-7(14)3-4-9(8)11/h3-4,6,14H,2,5H2,1H3,(H,12,13). The first-order chi connectivity index (χ1) is 6.65. The molecular formula is C10H12BrNOS. The summed E-state index contributed by atoms with van der Waals surface area (Å²) in [6, 6.07) is 5.41. The second-order valence-electron chi connectivity index (χ2n) is 2.92. The summed E-state index contributed by atoms with van der Waals surface area (Å²) in [6.07, 6.45) is 0.934. The van der Waals surface area contributed by atoms with Gasteiger partial charge in [0.25, 0.3) is 5.91 Å². The average molecular weight is 274 g/mol. The molecule has 4 heteroatoms. The van der Waals surface area contributed by atoms with E-state index in [9.17, 15) is 4.79 Å². The maximum absolute atomic E-state index is 11.6. The number of amides is 1. The zero-order valence-corrected chi connectivity index (χ0v) is 10.4. The number of hydrogen-bond donors (Lipinski definition) is 2. The molecule has 0 aliphatic heterocycles. The lowest BCUT2D eigenvalue weighted by Crippen LogP contribution is -2.24. The van der Waals surface area contributed by atoms with Gasteiger partial charge in [-0.15, -0.1) is 12.6 Å². The number of nitrogens with one attached hydrogen (secondary N) is 1. The first-order valence-electron chi connectivity index (χ1n) is 4.42. The van der Waals surface area contributed by atoms with Gasteiger partial charge in [-0.3, -0.25) is 4.79 Å². The molecule has 14 heavy (non-hydrogen) atoms. The Morgan fingerprint density at radius 2 is 2.29 bits per heavy atom. The maximum atomic E-state index is 11.6. The molecule has 0 atom stereocenters. The van der Waals surface area contributed by atoms with Crippen molar-refractivity contribution in [2.45, 2.75) is 18.2 Å². The molecule has 1 amide bonds. The molecule has 1 aromatic carbocycles. The minimum absolute atomic E-state index is 0.0605. The van der Waals surface area contributed by atoms with Gasteiger partial charge < -0.3 is 5.32 Å². The Morgan fingerprint density at radius 1 is 1.57 bits per heavy atom. The van der Waals surface area contributed by atoms with E-state index in [4.69, 9.17) is 0 Å². The topological polar surface area (TPSA) is 29.1 Å². The van der Waals surface area contributed by atoms with Crippen molar-refractivity contribution in [1.82, 2.24) is 5.32 Å². The van der Waals surface area contributed by atoms with Crippen molar-refractivity contribution in [3.63, 3.8) is 0 Å². The monoisotopic (exact) mass is 273 g/mol. The minimum atomic E-state index is -0.0605. The Balaban J connectivity index is 2.83. The van der Waals surface area contributed by atoms with Gasteiger partial charge in [-0.25, -0.2) is 0 Å². The second-order valence-corrected chi connectivity index (χ2v) is 4.29. The van der Waals surface area contributed by atoms with E-state index in [1.165, 1.54) is 0 Å². The first-order valence-corrected chi connectivity index (χ1v) is 5.66. The molecule has 0 saturated heterocycles. The van der Waals surface area contributed by atoms with E-state index < -0.39 is 0 Å². The van der Waals surface area contributed by atoms with E-state index in [1.54, 1.807) is 6.07 Å². The van der Waals surface area contributed by atoms with Gasteiger partial charge in [0, 0.05) is 15.9 Å². The van der Waals surface area contributed by atoms with Gasteiger partial charge in [-0.2, -0.15) is 0 Å². The Kier molecular flexibility index (Phi) is 4.48. The van der Waals surface area contributed by atoms with Crippen molar-refractivity contribution in [3.05, 3.63) is 28.2 Å². The molecule has 0 fully saturated rings. The average Bonchev–Trinajstić information content (AvgIpc) is 2.18. The Bertz CT molecular complexity index is 341. The van der Waals surface area contributed by atoms with Crippen LogP contribution in [0.2, 0.25) is 0 Å². The number of rotatable bonds is 3. The van der Waals surface area contributed by atoms with Crippen LogP contribution in [0.4, 0.5) is 0 Å². The van der Waals surface area contributed by atoms with E-state index in [2.05, 4.69) is 33.9 Å². The lowest BCUT2D eigenvalue weighted by molar-refractivity contribution is 0.0952. The number of benzene rings is 1. The minimum Gasteiger partial charge on any atom is -0.352 e. The SMILES string of the molecule is CCCNC(=O)c1cc(S)ccc1Br. The second kappa shape index (κ2) is 5.41. The lowest BCUT2D eigenvalue weighted by Gasteiger charge is -2.05. The highest BCUT2D eigenvalue weighted by molar-refractivity contribution is 9.10. The van der Waals surface area contributed by atoms with Gasteiger partial charge in [0.05, 0.1) is 5.56 Å². The number of carbonyl (C=O) groups is 1. The third kappa shape index (κ3) is 3.03. The smallest absolute Gasteiger partial charge is 0.252 e. The van der Waals surface area contributed by atoms with Crippen LogP contribution >= 0.6 is 28.6 Å². The molecule has 0 saturated carbocycles. The lowest BCUT2D eigenvalue weighted by atomic mass is 10.2. The Hall–Kier alpha value is -0.480. The molecule has 1 aromatic rings. The molecular weight excluding hydrogens is 262 g/mol. The molecule has 0 heterocycles. The summed E-state index contributed by atoms with van der Waals surface area (Å²) in [4.78, 5) is 12.4. The molecule has 0 aromatic heterocycles. The number of thiol groups is 1. The van der Waals surface area contributed by atoms with Crippen molar-refractivity contribution in [2.24, 2.45) is 0 Å². The van der Waals surface area contributed by atoms with Crippen molar-refractivity contribution < 1.29 is 4.79 Å². The van der Waals surface area contributed by atoms with E-state index in [0.717, 1.165) is 15.8 Å². The van der Waals surface area contributed by atoms with Crippen LogP contribution in [0, 0.1) is 0 Å². The maximum Gasteiger partial charge on any atom is 0.252 e. The largest absolute Gasteiger partial charge is 0.352 e. The molecule has 2 nitrogen and oxygen atoms in total. The van der Waals surface area contributed by atoms with Gasteiger partial charge >= 0.3 is 0 Å².